The number of ketones is 1. The van der Waals surface area contributed by atoms with E-state index in [1.807, 2.05) is 60.9 Å². The van der Waals surface area contributed by atoms with Crippen LogP contribution in [0.3, 0.4) is 0 Å². The van der Waals surface area contributed by atoms with Crippen LogP contribution in [0.4, 0.5) is 0 Å². The number of hydrogen-bond acceptors (Lipinski definition) is 6. The van der Waals surface area contributed by atoms with Crippen molar-refractivity contribution in [3.8, 4) is 22.9 Å². The van der Waals surface area contributed by atoms with Crippen molar-refractivity contribution >= 4 is 17.5 Å². The molecule has 3 rings (SSSR count). The average molecular weight is 398 g/mol. The van der Waals surface area contributed by atoms with Crippen molar-refractivity contribution in [1.29, 1.82) is 0 Å². The van der Waals surface area contributed by atoms with E-state index >= 15 is 0 Å². The highest BCUT2D eigenvalue weighted by atomic mass is 32.2. The van der Waals surface area contributed by atoms with Gasteiger partial charge in [0.1, 0.15) is 11.5 Å². The van der Waals surface area contributed by atoms with Gasteiger partial charge in [0.05, 0.1) is 20.0 Å². The lowest BCUT2D eigenvalue weighted by Crippen LogP contribution is -2.05. The molecule has 0 bridgehead atoms. The summed E-state index contributed by atoms with van der Waals surface area (Å²) < 4.78 is 12.7. The number of aromatic nitrogens is 3. The molecule has 0 saturated carbocycles. The molecule has 1 heterocycles. The van der Waals surface area contributed by atoms with Crippen LogP contribution in [0.15, 0.2) is 47.6 Å². The van der Waals surface area contributed by atoms with E-state index in [4.69, 9.17) is 9.47 Å². The lowest BCUT2D eigenvalue weighted by Gasteiger charge is -2.10. The summed E-state index contributed by atoms with van der Waals surface area (Å²) in [7, 11) is 3.22. The Labute approximate surface area is 168 Å². The Morgan fingerprint density at radius 3 is 2.25 bits per heavy atom. The van der Waals surface area contributed by atoms with Crippen molar-refractivity contribution in [2.75, 3.05) is 20.0 Å². The minimum absolute atomic E-state index is 0.0697. The van der Waals surface area contributed by atoms with E-state index in [0.29, 0.717) is 40.3 Å². The molecule has 146 valence electrons. The summed E-state index contributed by atoms with van der Waals surface area (Å²) in [4.78, 5) is 12.5. The number of methoxy groups -OCH3 is 2. The molecular weight excluding hydrogens is 374 g/mol. The third kappa shape index (κ3) is 4.36. The highest BCUT2D eigenvalue weighted by Crippen LogP contribution is 2.31. The van der Waals surface area contributed by atoms with Crippen LogP contribution in [-0.4, -0.2) is 40.5 Å². The number of rotatable bonds is 8. The van der Waals surface area contributed by atoms with Gasteiger partial charge in [-0.15, -0.1) is 10.2 Å². The summed E-state index contributed by atoms with van der Waals surface area (Å²) in [5, 5.41) is 9.34. The Kier molecular flexibility index (Phi) is 6.36. The maximum atomic E-state index is 12.5. The van der Waals surface area contributed by atoms with Crippen LogP contribution in [0.1, 0.15) is 22.8 Å². The van der Waals surface area contributed by atoms with E-state index in [1.54, 1.807) is 14.2 Å². The molecule has 3 aromatic rings. The fourth-order valence-electron chi connectivity index (χ4n) is 2.78. The first-order chi connectivity index (χ1) is 13.5. The van der Waals surface area contributed by atoms with Crippen molar-refractivity contribution < 1.29 is 14.3 Å². The number of benzene rings is 2. The van der Waals surface area contributed by atoms with Crippen LogP contribution in [0.25, 0.3) is 11.4 Å². The highest BCUT2D eigenvalue weighted by molar-refractivity contribution is 7.99. The average Bonchev–Trinajstić information content (AvgIpc) is 3.15. The second-order valence-electron chi connectivity index (χ2n) is 6.23. The third-order valence-electron chi connectivity index (χ3n) is 4.35. The van der Waals surface area contributed by atoms with Gasteiger partial charge in [0, 0.05) is 23.7 Å². The molecular formula is C21H23N3O3S. The van der Waals surface area contributed by atoms with Gasteiger partial charge < -0.3 is 14.0 Å². The zero-order valence-corrected chi connectivity index (χ0v) is 17.2. The molecule has 0 spiro atoms. The molecule has 0 saturated heterocycles. The van der Waals surface area contributed by atoms with Gasteiger partial charge in [0.15, 0.2) is 16.8 Å². The van der Waals surface area contributed by atoms with Crippen LogP contribution < -0.4 is 9.47 Å². The first-order valence-corrected chi connectivity index (χ1v) is 9.93. The van der Waals surface area contributed by atoms with E-state index in [-0.39, 0.29) is 5.78 Å². The van der Waals surface area contributed by atoms with Crippen LogP contribution in [0.2, 0.25) is 0 Å². The molecule has 0 aliphatic heterocycles. The summed E-state index contributed by atoms with van der Waals surface area (Å²) in [5.74, 6) is 2.46. The number of thioether (sulfide) groups is 1. The van der Waals surface area contributed by atoms with Crippen LogP contribution in [-0.2, 0) is 6.54 Å². The number of Topliss-reactive ketones (excluding diaryl/α,β-unsaturated/α-hetero) is 1. The predicted molar refractivity (Wildman–Crippen MR) is 110 cm³/mol. The Hall–Kier alpha value is -2.80. The Balaban J connectivity index is 1.82. The second kappa shape index (κ2) is 8.93. The summed E-state index contributed by atoms with van der Waals surface area (Å²) in [6, 6.07) is 13.2. The molecule has 0 unspecified atom stereocenters. The predicted octanol–water partition coefficient (Wildman–Crippen LogP) is 4.27. The van der Waals surface area contributed by atoms with Crippen molar-refractivity contribution in [3.05, 3.63) is 53.6 Å². The van der Waals surface area contributed by atoms with Gasteiger partial charge in [0.25, 0.3) is 0 Å². The number of nitrogens with zero attached hydrogens (tertiary/aromatic N) is 3. The van der Waals surface area contributed by atoms with E-state index in [2.05, 4.69) is 10.2 Å². The number of aryl methyl sites for hydroxylation is 1. The van der Waals surface area contributed by atoms with Crippen LogP contribution in [0, 0.1) is 6.92 Å². The molecule has 2 aromatic carbocycles. The summed E-state index contributed by atoms with van der Waals surface area (Å²) in [6.07, 6.45) is 0. The normalized spacial score (nSPS) is 10.7. The molecule has 0 aliphatic rings. The van der Waals surface area contributed by atoms with Gasteiger partial charge >= 0.3 is 0 Å². The van der Waals surface area contributed by atoms with Crippen molar-refractivity contribution in [1.82, 2.24) is 14.8 Å². The lowest BCUT2D eigenvalue weighted by molar-refractivity contribution is 0.102. The van der Waals surface area contributed by atoms with Crippen molar-refractivity contribution in [3.63, 3.8) is 0 Å². The lowest BCUT2D eigenvalue weighted by atomic mass is 10.1. The van der Waals surface area contributed by atoms with E-state index < -0.39 is 0 Å². The number of carbonyl (C=O) groups is 1. The molecule has 0 amide bonds. The van der Waals surface area contributed by atoms with Gasteiger partial charge in [-0.3, -0.25) is 4.79 Å². The van der Waals surface area contributed by atoms with Crippen molar-refractivity contribution in [2.24, 2.45) is 0 Å². The summed E-state index contributed by atoms with van der Waals surface area (Å²) in [6.45, 7) is 4.71. The Morgan fingerprint density at radius 2 is 1.68 bits per heavy atom. The van der Waals surface area contributed by atoms with Crippen LogP contribution >= 0.6 is 11.8 Å². The minimum atomic E-state index is 0.0697. The Bertz CT molecular complexity index is 945. The van der Waals surface area contributed by atoms with E-state index in [0.717, 1.165) is 11.1 Å². The highest BCUT2D eigenvalue weighted by Gasteiger charge is 2.16. The van der Waals surface area contributed by atoms with Gasteiger partial charge in [-0.2, -0.15) is 0 Å². The first-order valence-electron chi connectivity index (χ1n) is 8.95. The summed E-state index contributed by atoms with van der Waals surface area (Å²) in [5.41, 5.74) is 2.69. The Morgan fingerprint density at radius 1 is 1.04 bits per heavy atom. The zero-order valence-electron chi connectivity index (χ0n) is 16.4. The molecule has 28 heavy (non-hydrogen) atoms. The SMILES string of the molecule is CCn1c(SCC(=O)c2ccc(C)cc2)nnc1-c1cc(OC)cc(OC)c1. The van der Waals surface area contributed by atoms with Gasteiger partial charge in [0.2, 0.25) is 0 Å². The van der Waals surface area contributed by atoms with Crippen molar-refractivity contribution in [2.45, 2.75) is 25.5 Å². The molecule has 0 atom stereocenters. The quantitative estimate of drug-likeness (QED) is 0.418. The molecule has 0 aliphatic carbocycles. The number of ether oxygens (including phenoxy) is 2. The van der Waals surface area contributed by atoms with E-state index in [1.165, 1.54) is 11.8 Å². The number of carbonyl (C=O) groups excluding carboxylic acids is 1. The molecule has 0 radical (unpaired) electrons. The molecule has 7 heteroatoms. The first kappa shape index (κ1) is 19.9. The zero-order chi connectivity index (χ0) is 20.1. The van der Waals surface area contributed by atoms with Gasteiger partial charge in [-0.25, -0.2) is 0 Å². The maximum absolute atomic E-state index is 12.5. The smallest absolute Gasteiger partial charge is 0.191 e. The van der Waals surface area contributed by atoms with Gasteiger partial charge in [-0.05, 0) is 26.0 Å². The van der Waals surface area contributed by atoms with Gasteiger partial charge in [-0.1, -0.05) is 41.6 Å². The summed E-state index contributed by atoms with van der Waals surface area (Å²) >= 11 is 1.39. The maximum Gasteiger partial charge on any atom is 0.191 e. The minimum Gasteiger partial charge on any atom is -0.497 e. The topological polar surface area (TPSA) is 66.2 Å². The molecule has 6 nitrogen and oxygen atoms in total. The number of hydrogen-bond donors (Lipinski definition) is 0. The molecule has 0 fully saturated rings. The van der Waals surface area contributed by atoms with Crippen LogP contribution in [0.5, 0.6) is 11.5 Å². The second-order valence-corrected chi connectivity index (χ2v) is 7.17. The molecule has 1 aromatic heterocycles. The third-order valence-corrected chi connectivity index (χ3v) is 5.32. The fraction of sp³-hybridized carbons (Fsp3) is 0.286. The monoisotopic (exact) mass is 397 g/mol. The molecule has 0 N–H and O–H groups in total. The standard InChI is InChI=1S/C21H23N3O3S/c1-5-24-20(16-10-17(26-3)12-18(11-16)27-4)22-23-21(24)28-13-19(25)15-8-6-14(2)7-9-15/h6-12H,5,13H2,1-4H3. The fourth-order valence-corrected chi connectivity index (χ4v) is 3.68. The van der Waals surface area contributed by atoms with E-state index in [9.17, 15) is 4.79 Å². The largest absolute Gasteiger partial charge is 0.497 e.